The Bertz CT molecular complexity index is 776. The van der Waals surface area contributed by atoms with E-state index in [0.29, 0.717) is 15.3 Å². The first-order valence-corrected chi connectivity index (χ1v) is 8.15. The van der Waals surface area contributed by atoms with Crippen molar-refractivity contribution in [3.8, 4) is 11.3 Å². The highest BCUT2D eigenvalue weighted by Gasteiger charge is 2.33. The topological polar surface area (TPSA) is 65.7 Å². The lowest BCUT2D eigenvalue weighted by Gasteiger charge is -2.13. The maximum absolute atomic E-state index is 12.7. The molecule has 3 aromatic rings. The van der Waals surface area contributed by atoms with Crippen molar-refractivity contribution in [3.05, 3.63) is 36.7 Å². The van der Waals surface area contributed by atoms with E-state index < -0.39 is 7.60 Å². The Labute approximate surface area is 119 Å². The zero-order chi connectivity index (χ0) is 14.2. The van der Waals surface area contributed by atoms with E-state index >= 15 is 0 Å². The molecule has 20 heavy (non-hydrogen) atoms. The van der Waals surface area contributed by atoms with Crippen LogP contribution in [-0.4, -0.2) is 28.8 Å². The van der Waals surface area contributed by atoms with Crippen LogP contribution < -0.4 is 4.62 Å². The summed E-state index contributed by atoms with van der Waals surface area (Å²) in [6, 6.07) is 9.57. The monoisotopic (exact) mass is 309 g/mol. The SMILES string of the molecule is COP(=O)(OC)c1sc2ncnn2c1-c1ccccc1. The summed E-state index contributed by atoms with van der Waals surface area (Å²) in [5.41, 5.74) is 1.57. The Hall–Kier alpha value is -1.53. The molecule has 8 heteroatoms. The maximum atomic E-state index is 12.7. The molecule has 0 bridgehead atoms. The largest absolute Gasteiger partial charge is 0.373 e. The number of fused-ring (bicyclic) bond motifs is 1. The Morgan fingerprint density at radius 1 is 1.20 bits per heavy atom. The fourth-order valence-corrected chi connectivity index (χ4v) is 4.85. The van der Waals surface area contributed by atoms with E-state index in [9.17, 15) is 4.57 Å². The molecule has 0 aliphatic heterocycles. The highest BCUT2D eigenvalue weighted by Crippen LogP contribution is 2.49. The highest BCUT2D eigenvalue weighted by atomic mass is 32.1. The number of rotatable bonds is 4. The van der Waals surface area contributed by atoms with Gasteiger partial charge in [0.2, 0.25) is 4.96 Å². The van der Waals surface area contributed by atoms with Crippen LogP contribution in [-0.2, 0) is 13.6 Å². The fourth-order valence-electron chi connectivity index (χ4n) is 1.95. The minimum atomic E-state index is -3.36. The predicted molar refractivity (Wildman–Crippen MR) is 77.6 cm³/mol. The summed E-state index contributed by atoms with van der Waals surface area (Å²) in [6.45, 7) is 0. The van der Waals surface area contributed by atoms with Gasteiger partial charge >= 0.3 is 7.60 Å². The van der Waals surface area contributed by atoms with Gasteiger partial charge in [-0.3, -0.25) is 4.57 Å². The van der Waals surface area contributed by atoms with Gasteiger partial charge in [0.1, 0.15) is 16.6 Å². The van der Waals surface area contributed by atoms with Crippen molar-refractivity contribution >= 4 is 28.5 Å². The first-order valence-electron chi connectivity index (χ1n) is 5.79. The van der Waals surface area contributed by atoms with E-state index in [1.54, 1.807) is 4.52 Å². The molecule has 0 amide bonds. The molecule has 0 radical (unpaired) electrons. The molecule has 1 aromatic carbocycles. The van der Waals surface area contributed by atoms with E-state index in [1.807, 2.05) is 30.3 Å². The second kappa shape index (κ2) is 5.10. The van der Waals surface area contributed by atoms with Gasteiger partial charge in [0, 0.05) is 19.8 Å². The normalized spacial score (nSPS) is 12.1. The number of nitrogens with zero attached hydrogens (tertiary/aromatic N) is 3. The van der Waals surface area contributed by atoms with Crippen molar-refractivity contribution in [1.82, 2.24) is 14.6 Å². The van der Waals surface area contributed by atoms with Crippen molar-refractivity contribution in [2.45, 2.75) is 0 Å². The average molecular weight is 309 g/mol. The van der Waals surface area contributed by atoms with Crippen LogP contribution in [0.2, 0.25) is 0 Å². The van der Waals surface area contributed by atoms with Gasteiger partial charge in [0.25, 0.3) is 0 Å². The maximum Gasteiger partial charge on any atom is 0.373 e. The van der Waals surface area contributed by atoms with Gasteiger partial charge in [0.15, 0.2) is 0 Å². The van der Waals surface area contributed by atoms with Gasteiger partial charge in [-0.2, -0.15) is 5.10 Å². The molecule has 6 nitrogen and oxygen atoms in total. The molecular formula is C12H12N3O3PS. The molecule has 0 unspecified atom stereocenters. The van der Waals surface area contributed by atoms with Gasteiger partial charge in [-0.05, 0) is 0 Å². The van der Waals surface area contributed by atoms with Gasteiger partial charge in [0.05, 0.1) is 0 Å². The lowest BCUT2D eigenvalue weighted by molar-refractivity contribution is 0.288. The number of thiazole rings is 1. The minimum Gasteiger partial charge on any atom is -0.308 e. The Kier molecular flexibility index (Phi) is 3.43. The van der Waals surface area contributed by atoms with Crippen LogP contribution in [0.4, 0.5) is 0 Å². The summed E-state index contributed by atoms with van der Waals surface area (Å²) in [6.07, 6.45) is 1.46. The van der Waals surface area contributed by atoms with Crippen LogP contribution in [0.3, 0.4) is 0 Å². The third-order valence-corrected chi connectivity index (χ3v) is 6.36. The number of benzene rings is 1. The lowest BCUT2D eigenvalue weighted by atomic mass is 10.2. The minimum absolute atomic E-state index is 0.504. The van der Waals surface area contributed by atoms with E-state index in [4.69, 9.17) is 9.05 Å². The summed E-state index contributed by atoms with van der Waals surface area (Å²) >= 11 is 1.26. The summed E-state index contributed by atoms with van der Waals surface area (Å²) in [5.74, 6) is 0. The average Bonchev–Trinajstić information content (AvgIpc) is 3.08. The predicted octanol–water partition coefficient (Wildman–Crippen LogP) is 2.57. The van der Waals surface area contributed by atoms with Crippen LogP contribution in [0.25, 0.3) is 16.2 Å². The Morgan fingerprint density at radius 3 is 2.55 bits per heavy atom. The van der Waals surface area contributed by atoms with Crippen molar-refractivity contribution in [2.75, 3.05) is 14.2 Å². The number of hydrogen-bond acceptors (Lipinski definition) is 6. The van der Waals surface area contributed by atoms with Gasteiger partial charge in [-0.15, -0.1) is 0 Å². The van der Waals surface area contributed by atoms with E-state index in [1.165, 1.54) is 31.9 Å². The molecule has 0 fully saturated rings. The van der Waals surface area contributed by atoms with Gasteiger partial charge in [-0.25, -0.2) is 9.50 Å². The quantitative estimate of drug-likeness (QED) is 0.693. The molecule has 0 N–H and O–H groups in total. The standard InChI is InChI=1S/C12H12N3O3PS/c1-17-19(16,18-2)11-10(9-6-4-3-5-7-9)15-12(20-11)13-8-14-15/h3-8H,1-2H3. The van der Waals surface area contributed by atoms with E-state index in [2.05, 4.69) is 10.1 Å². The summed E-state index contributed by atoms with van der Waals surface area (Å²) in [5, 5.41) is 4.18. The van der Waals surface area contributed by atoms with Crippen LogP contribution in [0.15, 0.2) is 36.7 Å². The second-order valence-electron chi connectivity index (χ2n) is 3.94. The van der Waals surface area contributed by atoms with Crippen molar-refractivity contribution in [2.24, 2.45) is 0 Å². The molecule has 2 aromatic heterocycles. The van der Waals surface area contributed by atoms with Gasteiger partial charge in [-0.1, -0.05) is 41.7 Å². The molecule has 104 valence electrons. The molecule has 0 aliphatic rings. The first kappa shape index (κ1) is 13.5. The molecule has 0 saturated heterocycles. The molecule has 0 saturated carbocycles. The Morgan fingerprint density at radius 2 is 1.90 bits per heavy atom. The van der Waals surface area contributed by atoms with Gasteiger partial charge < -0.3 is 9.05 Å². The highest BCUT2D eigenvalue weighted by molar-refractivity contribution is 7.69. The molecular weight excluding hydrogens is 297 g/mol. The number of hydrogen-bond donors (Lipinski definition) is 0. The van der Waals surface area contributed by atoms with E-state index in [0.717, 1.165) is 5.56 Å². The zero-order valence-electron chi connectivity index (χ0n) is 10.9. The summed E-state index contributed by atoms with van der Waals surface area (Å²) in [4.78, 5) is 4.79. The summed E-state index contributed by atoms with van der Waals surface area (Å²) < 4.78 is 25.1. The summed E-state index contributed by atoms with van der Waals surface area (Å²) in [7, 11) is -0.618. The van der Waals surface area contributed by atoms with Crippen molar-refractivity contribution in [1.29, 1.82) is 0 Å². The fraction of sp³-hybridized carbons (Fsp3) is 0.167. The lowest BCUT2D eigenvalue weighted by Crippen LogP contribution is -2.08. The van der Waals surface area contributed by atoms with Crippen LogP contribution >= 0.6 is 18.9 Å². The van der Waals surface area contributed by atoms with Crippen LogP contribution in [0.1, 0.15) is 0 Å². The third-order valence-electron chi connectivity index (χ3n) is 2.90. The van der Waals surface area contributed by atoms with Crippen molar-refractivity contribution < 1.29 is 13.6 Å². The molecule has 3 rings (SSSR count). The van der Waals surface area contributed by atoms with Crippen LogP contribution in [0.5, 0.6) is 0 Å². The third kappa shape index (κ3) is 1.99. The molecule has 0 spiro atoms. The first-order chi connectivity index (χ1) is 9.69. The van der Waals surface area contributed by atoms with Crippen LogP contribution in [0, 0.1) is 0 Å². The zero-order valence-corrected chi connectivity index (χ0v) is 12.6. The molecule has 0 aliphatic carbocycles. The van der Waals surface area contributed by atoms with Crippen molar-refractivity contribution in [3.63, 3.8) is 0 Å². The smallest absolute Gasteiger partial charge is 0.308 e. The van der Waals surface area contributed by atoms with E-state index in [-0.39, 0.29) is 0 Å². The Balaban J connectivity index is 2.33. The molecule has 2 heterocycles. The molecule has 0 atom stereocenters. The number of aromatic nitrogens is 3. The second-order valence-corrected chi connectivity index (χ2v) is 7.39.